The summed E-state index contributed by atoms with van der Waals surface area (Å²) in [6.07, 6.45) is -2.51. The van der Waals surface area contributed by atoms with Gasteiger partial charge in [0.15, 0.2) is 17.5 Å². The van der Waals surface area contributed by atoms with Crippen molar-refractivity contribution < 1.29 is 105 Å². The minimum Gasteiger partial charge on any atom is -0.508 e. The molecule has 16 amide bonds. The number of thioether (sulfide) groups is 1. The number of aromatic hydroxyl groups is 2. The molecule has 0 spiro atoms. The lowest BCUT2D eigenvalue weighted by Gasteiger charge is -2.38. The van der Waals surface area contributed by atoms with E-state index in [4.69, 9.17) is 17.2 Å². The number of aromatic amines is 1. The first-order valence-electron chi connectivity index (χ1n) is 45.8. The number of halogens is 3. The number of hydrogen-bond donors (Lipinski definition) is 16. The monoisotopic (exact) mass is 1930 g/mol. The molecular weight excluding hydrogens is 1810 g/mol. The zero-order valence-corrected chi connectivity index (χ0v) is 78.4. The van der Waals surface area contributed by atoms with Crippen molar-refractivity contribution in [2.45, 2.75) is 208 Å². The number of phenolic OH excluding ortho intramolecular Hbond substituents is 2. The lowest BCUT2D eigenvalue weighted by molar-refractivity contribution is -0.152. The van der Waals surface area contributed by atoms with Gasteiger partial charge < -0.3 is 110 Å². The van der Waals surface area contributed by atoms with Gasteiger partial charge in [-0.05, 0) is 127 Å². The van der Waals surface area contributed by atoms with Gasteiger partial charge in [-0.3, -0.25) is 76.7 Å². The number of aliphatic hydroxyl groups is 1. The molecule has 0 saturated carbocycles. The van der Waals surface area contributed by atoms with Crippen LogP contribution in [0, 0.1) is 23.4 Å². The number of rotatable bonds is 24. The van der Waals surface area contributed by atoms with Gasteiger partial charge in [0, 0.05) is 102 Å². The molecule has 3 aliphatic heterocycles. The van der Waals surface area contributed by atoms with Gasteiger partial charge in [-0.25, -0.2) is 13.2 Å². The van der Waals surface area contributed by atoms with Crippen molar-refractivity contribution in [2.75, 3.05) is 58.8 Å². The third-order valence-corrected chi connectivity index (χ3v) is 25.7. The van der Waals surface area contributed by atoms with Crippen LogP contribution in [0.25, 0.3) is 10.9 Å². The van der Waals surface area contributed by atoms with E-state index in [9.17, 15) is 38.9 Å². The molecule has 0 unspecified atom stereocenters. The summed E-state index contributed by atoms with van der Waals surface area (Å²) in [6, 6.07) is 14.6. The standard InChI is InChI=1S/C97H121F3N18O19S/c1-7-8-27-76-96(136)118-51-63(121)47-78(118)92(132)110-71(48-80(102)122)89(129)113-84(54(2)3)97(137)115(5)77(44-55-20-11-9-12-21-55)91(131)111-73(42-58-31-35-62(120)36-32-58)94(134)117-38-18-17-28-75(117)90(130)109-70(46-60-49-104-67-25-16-15-24-64(60)67)88(128)108-69(41-57-29-33-61(119)34-30-57)87(127)107-68(26-19-37-101)86(126)112-74(85(125)105-50-81(103)123)52-138-53-82(124)106-72(43-59-39-65(98)83(100)66(99)40-59)93(133)116(6)79(95(135)114(76)4)45-56-22-13-10-14-23-56/h9-16,20-25,29-36,39-40,49,54,63,68-79,84,104,119-121H,7-8,17-19,26-28,37-38,41-48,50-53,101H2,1-6H3,(H2,102,122)(H2,103,123)(H,105,125)(H,106,124)(H,107,127)(H,108,128)(H,109,130)(H,110,132)(H,111,131)(H,112,126)(H,113,129)/t63-,68-,69-,70-,71-,72-,73-,74-,75+,76-,77-,78+,79-,84-/m0/s1. The Morgan fingerprint density at radius 1 is 0.500 bits per heavy atom. The summed E-state index contributed by atoms with van der Waals surface area (Å²) in [7, 11) is 3.70. The Kier molecular flexibility index (Phi) is 38.6. The fraction of sp³-hybridized carbons (Fsp3) is 0.443. The molecule has 7 aromatic rings. The Morgan fingerprint density at radius 3 is 1.62 bits per heavy atom. The minimum atomic E-state index is -1.92. The van der Waals surface area contributed by atoms with Crippen LogP contribution in [0.1, 0.15) is 118 Å². The molecule has 0 aliphatic carbocycles. The van der Waals surface area contributed by atoms with Crippen LogP contribution in [-0.4, -0.2) is 283 Å². The highest BCUT2D eigenvalue weighted by Crippen LogP contribution is 2.29. The SMILES string of the molecule is CCCC[C@H]1C(=O)N2C[C@@H](O)C[C@@H]2C(=O)N[C@@H](CC(N)=O)C(=O)N[C@@H](C(C)C)C(=O)N(C)[C@@H](Cc2ccccc2)C(=O)N[C@@H](Cc2ccc(O)cc2)C(=O)N2CCCC[C@@H]2C(=O)N[C@@H](Cc2c[nH]c3ccccc23)C(=O)N[C@@H](Cc2ccc(O)cc2)C(=O)N[C@@H](CCCN)C(=O)N[C@H](C(=O)NCC(N)=O)CSCC(=O)N[C@@H](Cc2cc(F)c(F)c(F)c2)C(=O)N(C)[C@@H](Cc2ccccc2)C(=O)N1C. The number of nitrogens with zero attached hydrogens (tertiary/aromatic N) is 5. The van der Waals surface area contributed by atoms with Crippen LogP contribution in [0.15, 0.2) is 152 Å². The summed E-state index contributed by atoms with van der Waals surface area (Å²) in [6.45, 7) is 3.41. The summed E-state index contributed by atoms with van der Waals surface area (Å²) in [5.41, 5.74) is 19.7. The number of aromatic nitrogens is 1. The molecule has 10 rings (SSSR count). The number of nitrogens with one attached hydrogen (secondary N) is 10. The number of phenols is 2. The molecule has 14 atom stereocenters. The molecule has 138 heavy (non-hydrogen) atoms. The minimum absolute atomic E-state index is 0.00737. The average molecular weight is 1930 g/mol. The quantitative estimate of drug-likeness (QED) is 0.0379. The zero-order chi connectivity index (χ0) is 100. The van der Waals surface area contributed by atoms with E-state index in [1.165, 1.54) is 74.6 Å². The number of likely N-dealkylation sites (N-methyl/N-ethyl adjacent to an activating group) is 3. The van der Waals surface area contributed by atoms with Gasteiger partial charge >= 0.3 is 0 Å². The molecule has 37 nitrogen and oxygen atoms in total. The van der Waals surface area contributed by atoms with Crippen LogP contribution in [0.5, 0.6) is 11.5 Å². The number of H-pyrrole nitrogens is 1. The van der Waals surface area contributed by atoms with Crippen LogP contribution >= 0.6 is 11.8 Å². The fourth-order valence-electron chi connectivity index (χ4n) is 17.1. The maximum absolute atomic E-state index is 15.9. The lowest BCUT2D eigenvalue weighted by Crippen LogP contribution is -2.63. The number of carbonyl (C=O) groups excluding carboxylic acids is 16. The number of amides is 16. The van der Waals surface area contributed by atoms with Gasteiger partial charge in [-0.1, -0.05) is 137 Å². The number of para-hydroxylation sites is 1. The summed E-state index contributed by atoms with van der Waals surface area (Å²) in [5.74, 6) is -23.7. The Hall–Kier alpha value is -14.0. The van der Waals surface area contributed by atoms with E-state index < -0.39 is 246 Å². The van der Waals surface area contributed by atoms with Crippen LogP contribution in [0.4, 0.5) is 13.2 Å². The molecule has 1 aromatic heterocycles. The molecule has 0 radical (unpaired) electrons. The number of nitrogens with two attached hydrogens (primary N) is 3. The lowest BCUT2D eigenvalue weighted by atomic mass is 9.96. The second kappa shape index (κ2) is 50.2. The van der Waals surface area contributed by atoms with E-state index in [1.54, 1.807) is 112 Å². The van der Waals surface area contributed by atoms with Gasteiger partial charge in [0.1, 0.15) is 90.0 Å². The molecule has 3 saturated heterocycles. The maximum Gasteiger partial charge on any atom is 0.246 e. The van der Waals surface area contributed by atoms with Gasteiger partial charge in [0.25, 0.3) is 0 Å². The van der Waals surface area contributed by atoms with Crippen LogP contribution in [0.2, 0.25) is 0 Å². The zero-order valence-electron chi connectivity index (χ0n) is 77.5. The van der Waals surface area contributed by atoms with Crippen molar-refractivity contribution in [2.24, 2.45) is 23.1 Å². The van der Waals surface area contributed by atoms with Crippen molar-refractivity contribution in [1.29, 1.82) is 0 Å². The van der Waals surface area contributed by atoms with Crippen molar-refractivity contribution >= 4 is 117 Å². The van der Waals surface area contributed by atoms with Crippen molar-refractivity contribution in [3.8, 4) is 11.5 Å². The van der Waals surface area contributed by atoms with E-state index in [2.05, 4.69) is 52.8 Å². The first-order chi connectivity index (χ1) is 65.8. The molecule has 740 valence electrons. The second-order valence-corrected chi connectivity index (χ2v) is 36.3. The normalized spacial score (nSPS) is 23.7. The second-order valence-electron chi connectivity index (χ2n) is 35.3. The highest BCUT2D eigenvalue weighted by atomic mass is 32.2. The first kappa shape index (κ1) is 106. The third-order valence-electron chi connectivity index (χ3n) is 24.7. The Labute approximate surface area is 799 Å². The summed E-state index contributed by atoms with van der Waals surface area (Å²) in [5, 5.41) is 56.8. The van der Waals surface area contributed by atoms with E-state index in [-0.39, 0.29) is 94.4 Å². The maximum atomic E-state index is 15.9. The van der Waals surface area contributed by atoms with Gasteiger partial charge in [0.05, 0.1) is 24.8 Å². The predicted molar refractivity (Wildman–Crippen MR) is 503 cm³/mol. The number of primary amides is 2. The Bertz CT molecular complexity index is 5490. The molecule has 3 fully saturated rings. The number of hydrogen-bond acceptors (Lipinski definition) is 21. The fourth-order valence-corrected chi connectivity index (χ4v) is 17.9. The molecule has 3 aliphatic rings. The highest BCUT2D eigenvalue weighted by Gasteiger charge is 2.48. The Morgan fingerprint density at radius 2 is 1.01 bits per heavy atom. The number of benzene rings is 6. The van der Waals surface area contributed by atoms with Gasteiger partial charge in [-0.2, -0.15) is 0 Å². The molecule has 4 heterocycles. The molecule has 19 N–H and O–H groups in total. The third kappa shape index (κ3) is 29.1. The van der Waals surface area contributed by atoms with Crippen LogP contribution in [0.3, 0.4) is 0 Å². The summed E-state index contributed by atoms with van der Waals surface area (Å²) in [4.78, 5) is 248. The first-order valence-corrected chi connectivity index (χ1v) is 46.9. The summed E-state index contributed by atoms with van der Waals surface area (Å²) < 4.78 is 45.2. The number of piperidine rings is 1. The molecular formula is C97H121F3N18O19S. The highest BCUT2D eigenvalue weighted by molar-refractivity contribution is 8.00. The van der Waals surface area contributed by atoms with Crippen molar-refractivity contribution in [3.05, 3.63) is 203 Å². The molecule has 6 aromatic carbocycles. The van der Waals surface area contributed by atoms with E-state index in [0.717, 1.165) is 19.6 Å². The molecule has 0 bridgehead atoms. The number of carbonyl (C=O) groups is 16. The van der Waals surface area contributed by atoms with E-state index >= 15 is 66.3 Å². The smallest absolute Gasteiger partial charge is 0.246 e. The van der Waals surface area contributed by atoms with E-state index in [0.29, 0.717) is 81.9 Å². The van der Waals surface area contributed by atoms with Crippen LogP contribution in [-0.2, 0) is 115 Å². The van der Waals surface area contributed by atoms with Crippen molar-refractivity contribution in [3.63, 3.8) is 0 Å². The molecule has 41 heteroatoms. The van der Waals surface area contributed by atoms with Gasteiger partial charge in [0.2, 0.25) is 94.5 Å². The van der Waals surface area contributed by atoms with Crippen molar-refractivity contribution in [1.82, 2.24) is 77.3 Å². The summed E-state index contributed by atoms with van der Waals surface area (Å²) >= 11 is 0.652. The number of unbranched alkanes of at least 4 members (excludes halogenated alkanes) is 1. The topological polar surface area (TPSA) is 552 Å². The van der Waals surface area contributed by atoms with Gasteiger partial charge in [-0.15, -0.1) is 11.8 Å². The predicted octanol–water partition coefficient (Wildman–Crippen LogP) is 1.26. The number of aliphatic hydroxyl groups excluding tert-OH is 1. The van der Waals surface area contributed by atoms with E-state index in [1.807, 2.05) is 0 Å². The average Bonchev–Trinajstić information content (AvgIpc) is 1.47. The largest absolute Gasteiger partial charge is 0.508 e. The number of fused-ring (bicyclic) bond motifs is 3. The van der Waals surface area contributed by atoms with Crippen LogP contribution < -0.4 is 65.1 Å². The Balaban J connectivity index is 1.07.